The van der Waals surface area contributed by atoms with E-state index in [1.165, 1.54) is 25.9 Å². The molecule has 0 aromatic rings. The van der Waals surface area contributed by atoms with Crippen LogP contribution in [0, 0.1) is 11.8 Å². The van der Waals surface area contributed by atoms with Gasteiger partial charge in [-0.15, -0.1) is 0 Å². The molecule has 0 saturated carbocycles. The first kappa shape index (κ1) is 12.9. The molecule has 2 rings (SSSR count). The fraction of sp³-hybridized carbons (Fsp3) is 0.929. The number of amides is 1. The molecule has 0 N–H and O–H groups in total. The predicted octanol–water partition coefficient (Wildman–Crippen LogP) is 1.98. The molecular weight excluding hydrogens is 212 g/mol. The number of carbonyl (C=O) groups excluding carboxylic acids is 1. The van der Waals surface area contributed by atoms with E-state index in [-0.39, 0.29) is 0 Å². The van der Waals surface area contributed by atoms with E-state index in [0.29, 0.717) is 24.3 Å². The largest absolute Gasteiger partial charge is 0.339 e. The van der Waals surface area contributed by atoms with Gasteiger partial charge < -0.3 is 4.90 Å². The lowest BCUT2D eigenvalue weighted by Crippen LogP contribution is -2.62. The van der Waals surface area contributed by atoms with Crippen LogP contribution in [0.4, 0.5) is 0 Å². The molecule has 0 aromatic heterocycles. The Morgan fingerprint density at radius 3 is 2.35 bits per heavy atom. The maximum Gasteiger partial charge on any atom is 0.222 e. The Hall–Kier alpha value is -0.570. The van der Waals surface area contributed by atoms with Crippen molar-refractivity contribution in [3.05, 3.63) is 0 Å². The first-order valence-electron chi connectivity index (χ1n) is 7.08. The molecule has 98 valence electrons. The van der Waals surface area contributed by atoms with Crippen molar-refractivity contribution < 1.29 is 4.79 Å². The van der Waals surface area contributed by atoms with E-state index in [9.17, 15) is 4.79 Å². The SMILES string of the molecule is CC(C)CC(=O)N1CC(N2CCC(C)CC2)C1. The Bertz CT molecular complexity index is 263. The summed E-state index contributed by atoms with van der Waals surface area (Å²) >= 11 is 0. The second-order valence-corrected chi connectivity index (χ2v) is 6.27. The fourth-order valence-electron chi connectivity index (χ4n) is 2.76. The molecule has 2 saturated heterocycles. The average molecular weight is 238 g/mol. The van der Waals surface area contributed by atoms with Gasteiger partial charge in [0.25, 0.3) is 0 Å². The zero-order chi connectivity index (χ0) is 12.4. The number of nitrogens with zero attached hydrogens (tertiary/aromatic N) is 2. The summed E-state index contributed by atoms with van der Waals surface area (Å²) in [6.07, 6.45) is 3.37. The van der Waals surface area contributed by atoms with E-state index >= 15 is 0 Å². The number of hydrogen-bond donors (Lipinski definition) is 0. The van der Waals surface area contributed by atoms with E-state index in [0.717, 1.165) is 19.0 Å². The predicted molar refractivity (Wildman–Crippen MR) is 69.8 cm³/mol. The van der Waals surface area contributed by atoms with Gasteiger partial charge in [0.2, 0.25) is 5.91 Å². The van der Waals surface area contributed by atoms with Crippen LogP contribution in [0.1, 0.15) is 40.0 Å². The molecule has 0 radical (unpaired) electrons. The van der Waals surface area contributed by atoms with Crippen molar-refractivity contribution in [2.75, 3.05) is 26.2 Å². The van der Waals surface area contributed by atoms with Gasteiger partial charge in [-0.2, -0.15) is 0 Å². The van der Waals surface area contributed by atoms with Gasteiger partial charge in [0, 0.05) is 25.6 Å². The quantitative estimate of drug-likeness (QED) is 0.750. The average Bonchev–Trinajstić information content (AvgIpc) is 2.17. The molecule has 1 amide bonds. The smallest absolute Gasteiger partial charge is 0.222 e. The van der Waals surface area contributed by atoms with Gasteiger partial charge in [0.15, 0.2) is 0 Å². The minimum Gasteiger partial charge on any atom is -0.339 e. The zero-order valence-electron chi connectivity index (χ0n) is 11.5. The molecule has 2 aliphatic heterocycles. The highest BCUT2D eigenvalue weighted by Gasteiger charge is 2.35. The van der Waals surface area contributed by atoms with Crippen molar-refractivity contribution >= 4 is 5.91 Å². The van der Waals surface area contributed by atoms with Crippen molar-refractivity contribution in [3.8, 4) is 0 Å². The molecule has 2 heterocycles. The lowest BCUT2D eigenvalue weighted by molar-refractivity contribution is -0.139. The van der Waals surface area contributed by atoms with Crippen LogP contribution < -0.4 is 0 Å². The van der Waals surface area contributed by atoms with Crippen LogP contribution in [0.2, 0.25) is 0 Å². The molecule has 3 nitrogen and oxygen atoms in total. The molecule has 2 fully saturated rings. The van der Waals surface area contributed by atoms with Crippen LogP contribution in [0.15, 0.2) is 0 Å². The lowest BCUT2D eigenvalue weighted by Gasteiger charge is -2.47. The van der Waals surface area contributed by atoms with E-state index in [4.69, 9.17) is 0 Å². The van der Waals surface area contributed by atoms with E-state index in [1.807, 2.05) is 4.90 Å². The third-order valence-corrected chi connectivity index (χ3v) is 4.13. The highest BCUT2D eigenvalue weighted by atomic mass is 16.2. The summed E-state index contributed by atoms with van der Waals surface area (Å²) in [5, 5.41) is 0. The fourth-order valence-corrected chi connectivity index (χ4v) is 2.76. The second kappa shape index (κ2) is 5.38. The topological polar surface area (TPSA) is 23.6 Å². The van der Waals surface area contributed by atoms with Crippen molar-refractivity contribution in [2.24, 2.45) is 11.8 Å². The third-order valence-electron chi connectivity index (χ3n) is 4.13. The standard InChI is InChI=1S/C14H26N2O/c1-11(2)8-14(17)16-9-13(10-16)15-6-4-12(3)5-7-15/h11-13H,4-10H2,1-3H3. The number of likely N-dealkylation sites (tertiary alicyclic amines) is 2. The molecular formula is C14H26N2O. The maximum atomic E-state index is 11.8. The first-order valence-corrected chi connectivity index (χ1v) is 7.08. The Kier molecular flexibility index (Phi) is 4.08. The first-order chi connectivity index (χ1) is 8.06. The number of rotatable bonds is 3. The van der Waals surface area contributed by atoms with Crippen LogP contribution in [0.25, 0.3) is 0 Å². The maximum absolute atomic E-state index is 11.8. The summed E-state index contributed by atoms with van der Waals surface area (Å²) < 4.78 is 0. The summed E-state index contributed by atoms with van der Waals surface area (Å²) in [6.45, 7) is 11.0. The van der Waals surface area contributed by atoms with Crippen LogP contribution in [-0.4, -0.2) is 47.9 Å². The van der Waals surface area contributed by atoms with E-state index in [2.05, 4.69) is 25.7 Å². The highest BCUT2D eigenvalue weighted by Crippen LogP contribution is 2.23. The van der Waals surface area contributed by atoms with Gasteiger partial charge >= 0.3 is 0 Å². The molecule has 0 bridgehead atoms. The van der Waals surface area contributed by atoms with E-state index < -0.39 is 0 Å². The Morgan fingerprint density at radius 1 is 1.24 bits per heavy atom. The molecule has 0 aliphatic carbocycles. The summed E-state index contributed by atoms with van der Waals surface area (Å²) in [5.74, 6) is 1.73. The molecule has 2 aliphatic rings. The number of piperidine rings is 1. The molecule has 0 unspecified atom stereocenters. The zero-order valence-corrected chi connectivity index (χ0v) is 11.5. The highest BCUT2D eigenvalue weighted by molar-refractivity contribution is 5.77. The molecule has 0 aromatic carbocycles. The summed E-state index contributed by atoms with van der Waals surface area (Å²) in [6, 6.07) is 0.651. The van der Waals surface area contributed by atoms with Crippen molar-refractivity contribution in [1.29, 1.82) is 0 Å². The molecule has 17 heavy (non-hydrogen) atoms. The minimum absolute atomic E-state index is 0.349. The Labute approximate surface area is 105 Å². The van der Waals surface area contributed by atoms with Gasteiger partial charge in [-0.25, -0.2) is 0 Å². The Morgan fingerprint density at radius 2 is 1.82 bits per heavy atom. The van der Waals surface area contributed by atoms with Crippen molar-refractivity contribution in [2.45, 2.75) is 46.1 Å². The summed E-state index contributed by atoms with van der Waals surface area (Å²) in [5.41, 5.74) is 0. The third kappa shape index (κ3) is 3.21. The molecule has 0 spiro atoms. The second-order valence-electron chi connectivity index (χ2n) is 6.27. The van der Waals surface area contributed by atoms with Crippen LogP contribution >= 0.6 is 0 Å². The van der Waals surface area contributed by atoms with Gasteiger partial charge in [-0.05, 0) is 37.8 Å². The molecule has 3 heteroatoms. The van der Waals surface area contributed by atoms with Gasteiger partial charge in [-0.3, -0.25) is 9.69 Å². The molecule has 0 atom stereocenters. The van der Waals surface area contributed by atoms with Crippen LogP contribution in [0.5, 0.6) is 0 Å². The van der Waals surface area contributed by atoms with E-state index in [1.54, 1.807) is 0 Å². The lowest BCUT2D eigenvalue weighted by atomic mass is 9.95. The Balaban J connectivity index is 1.70. The van der Waals surface area contributed by atoms with Crippen molar-refractivity contribution in [3.63, 3.8) is 0 Å². The van der Waals surface area contributed by atoms with Crippen LogP contribution in [-0.2, 0) is 4.79 Å². The number of carbonyl (C=O) groups is 1. The normalized spacial score (nSPS) is 24.1. The summed E-state index contributed by atoms with van der Waals surface area (Å²) in [7, 11) is 0. The van der Waals surface area contributed by atoms with Crippen LogP contribution in [0.3, 0.4) is 0 Å². The van der Waals surface area contributed by atoms with Gasteiger partial charge in [0.05, 0.1) is 0 Å². The summed E-state index contributed by atoms with van der Waals surface area (Å²) in [4.78, 5) is 16.4. The number of hydrogen-bond acceptors (Lipinski definition) is 2. The monoisotopic (exact) mass is 238 g/mol. The van der Waals surface area contributed by atoms with Gasteiger partial charge in [-0.1, -0.05) is 20.8 Å². The van der Waals surface area contributed by atoms with Crippen molar-refractivity contribution in [1.82, 2.24) is 9.80 Å². The minimum atomic E-state index is 0.349. The van der Waals surface area contributed by atoms with Gasteiger partial charge in [0.1, 0.15) is 0 Å².